The molecule has 0 radical (unpaired) electrons. The van der Waals surface area contributed by atoms with Gasteiger partial charge in [-0.1, -0.05) is 6.07 Å². The Morgan fingerprint density at radius 2 is 2.04 bits per heavy atom. The van der Waals surface area contributed by atoms with E-state index in [1.165, 1.54) is 17.4 Å². The molecule has 1 amide bonds. The Hall–Kier alpha value is -3.00. The highest BCUT2D eigenvalue weighted by atomic mass is 32.1. The molecule has 0 spiro atoms. The molecule has 0 unspecified atom stereocenters. The van der Waals surface area contributed by atoms with Gasteiger partial charge in [0.1, 0.15) is 5.82 Å². The van der Waals surface area contributed by atoms with E-state index in [1.807, 2.05) is 12.1 Å². The molecular weight excluding hydrogens is 374 g/mol. The molecule has 28 heavy (non-hydrogen) atoms. The number of aromatic amines is 1. The summed E-state index contributed by atoms with van der Waals surface area (Å²) < 4.78 is 1.69. The number of nitrogens with one attached hydrogen (secondary N) is 2. The Morgan fingerprint density at radius 3 is 2.75 bits per heavy atom. The van der Waals surface area contributed by atoms with E-state index in [1.54, 1.807) is 31.4 Å². The zero-order valence-corrected chi connectivity index (χ0v) is 16.4. The molecule has 1 fully saturated rings. The number of H-pyrrole nitrogens is 1. The first-order valence-corrected chi connectivity index (χ1v) is 9.65. The highest BCUT2D eigenvalue weighted by Crippen LogP contribution is 2.17. The Balaban J connectivity index is 1.47. The fraction of sp³-hybridized carbons (Fsp3) is 0.300. The minimum Gasteiger partial charge on any atom is -0.357 e. The minimum atomic E-state index is -0.217. The number of nitrogens with zero attached hydrogens (tertiary/aromatic N) is 3. The second-order valence-electron chi connectivity index (χ2n) is 6.96. The number of hydrogen-bond acceptors (Lipinski definition) is 5. The molecule has 7 nitrogen and oxygen atoms in total. The molecular formula is C20H21N5O2S. The van der Waals surface area contributed by atoms with Gasteiger partial charge in [0.05, 0.1) is 10.9 Å². The van der Waals surface area contributed by atoms with E-state index >= 15 is 0 Å². The number of fused-ring (bicyclic) bond motifs is 1. The zero-order valence-electron chi connectivity index (χ0n) is 15.6. The van der Waals surface area contributed by atoms with E-state index in [-0.39, 0.29) is 11.5 Å². The van der Waals surface area contributed by atoms with Gasteiger partial charge in [0, 0.05) is 38.4 Å². The van der Waals surface area contributed by atoms with Gasteiger partial charge in [-0.2, -0.15) is 0 Å². The molecule has 1 saturated heterocycles. The van der Waals surface area contributed by atoms with Gasteiger partial charge in [-0.05, 0) is 54.9 Å². The van der Waals surface area contributed by atoms with Crippen LogP contribution in [-0.2, 0) is 13.6 Å². The lowest BCUT2D eigenvalue weighted by molar-refractivity contribution is 0.0951. The Labute approximate surface area is 167 Å². The number of anilines is 1. The maximum absolute atomic E-state index is 12.5. The molecule has 0 atom stereocenters. The summed E-state index contributed by atoms with van der Waals surface area (Å²) in [6, 6.07) is 8.92. The first-order valence-electron chi connectivity index (χ1n) is 9.24. The van der Waals surface area contributed by atoms with Crippen LogP contribution in [-0.4, -0.2) is 33.5 Å². The molecule has 3 aromatic rings. The highest BCUT2D eigenvalue weighted by molar-refractivity contribution is 7.71. The predicted molar refractivity (Wildman–Crippen MR) is 111 cm³/mol. The largest absolute Gasteiger partial charge is 0.357 e. The summed E-state index contributed by atoms with van der Waals surface area (Å²) in [5, 5.41) is 3.39. The number of rotatable bonds is 4. The smallest absolute Gasteiger partial charge is 0.261 e. The van der Waals surface area contributed by atoms with Crippen molar-refractivity contribution in [3.8, 4) is 0 Å². The van der Waals surface area contributed by atoms with Crippen molar-refractivity contribution in [3.63, 3.8) is 0 Å². The number of aromatic nitrogens is 3. The quantitative estimate of drug-likeness (QED) is 0.664. The normalized spacial score (nSPS) is 13.8. The monoisotopic (exact) mass is 395 g/mol. The summed E-state index contributed by atoms with van der Waals surface area (Å²) in [5.74, 6) is 0.768. The van der Waals surface area contributed by atoms with Gasteiger partial charge in [0.15, 0.2) is 4.77 Å². The van der Waals surface area contributed by atoms with Crippen LogP contribution in [0.4, 0.5) is 5.82 Å². The minimum absolute atomic E-state index is 0.185. The maximum Gasteiger partial charge on any atom is 0.261 e. The molecule has 1 aromatic carbocycles. The number of pyridine rings is 1. The van der Waals surface area contributed by atoms with Gasteiger partial charge in [-0.25, -0.2) is 4.98 Å². The summed E-state index contributed by atoms with van der Waals surface area (Å²) in [6.45, 7) is 2.49. The maximum atomic E-state index is 12.5. The second-order valence-corrected chi connectivity index (χ2v) is 7.34. The van der Waals surface area contributed by atoms with Crippen LogP contribution in [0.5, 0.6) is 0 Å². The molecule has 0 saturated carbocycles. The number of hydrogen-bond donors (Lipinski definition) is 2. The summed E-state index contributed by atoms with van der Waals surface area (Å²) in [6.07, 6.45) is 4.22. The molecule has 3 heterocycles. The average Bonchev–Trinajstić information content (AvgIpc) is 3.25. The summed E-state index contributed by atoms with van der Waals surface area (Å²) in [4.78, 5) is 34.5. The third-order valence-electron chi connectivity index (χ3n) is 5.06. The molecule has 0 aliphatic carbocycles. The van der Waals surface area contributed by atoms with Crippen LogP contribution in [0.3, 0.4) is 0 Å². The van der Waals surface area contributed by atoms with Crippen LogP contribution >= 0.6 is 12.2 Å². The topological polar surface area (TPSA) is 83.0 Å². The molecule has 2 N–H and O–H groups in total. The van der Waals surface area contributed by atoms with Crippen molar-refractivity contribution in [1.29, 1.82) is 0 Å². The predicted octanol–water partition coefficient (Wildman–Crippen LogP) is 2.52. The van der Waals surface area contributed by atoms with Gasteiger partial charge < -0.3 is 15.2 Å². The number of benzene rings is 1. The fourth-order valence-electron chi connectivity index (χ4n) is 3.39. The van der Waals surface area contributed by atoms with Gasteiger partial charge in [-0.15, -0.1) is 0 Å². The molecule has 4 rings (SSSR count). The summed E-state index contributed by atoms with van der Waals surface area (Å²) in [7, 11) is 1.62. The lowest BCUT2D eigenvalue weighted by atomic mass is 10.1. The third-order valence-corrected chi connectivity index (χ3v) is 5.43. The van der Waals surface area contributed by atoms with Gasteiger partial charge >= 0.3 is 0 Å². The van der Waals surface area contributed by atoms with Crippen molar-refractivity contribution in [2.45, 2.75) is 19.4 Å². The van der Waals surface area contributed by atoms with Crippen LogP contribution in [0.25, 0.3) is 10.9 Å². The first-order chi connectivity index (χ1) is 13.5. The van der Waals surface area contributed by atoms with Crippen LogP contribution in [0.2, 0.25) is 0 Å². The number of carbonyl (C=O) groups is 1. The van der Waals surface area contributed by atoms with Crippen LogP contribution in [0, 0.1) is 4.77 Å². The number of amides is 1. The van der Waals surface area contributed by atoms with E-state index in [0.29, 0.717) is 27.8 Å². The van der Waals surface area contributed by atoms with Crippen molar-refractivity contribution >= 4 is 34.8 Å². The van der Waals surface area contributed by atoms with E-state index in [2.05, 4.69) is 20.2 Å². The van der Waals surface area contributed by atoms with Crippen molar-refractivity contribution < 1.29 is 4.79 Å². The highest BCUT2D eigenvalue weighted by Gasteiger charge is 2.13. The Morgan fingerprint density at radius 1 is 1.25 bits per heavy atom. The Kier molecular flexibility index (Phi) is 4.95. The SMILES string of the molecule is Cn1c(=S)[nH]c2cc(C(=O)NCc3ccc(N4CCCC4)nc3)ccc2c1=O. The van der Waals surface area contributed by atoms with Gasteiger partial charge in [-0.3, -0.25) is 14.2 Å². The van der Waals surface area contributed by atoms with Crippen molar-refractivity contribution in [2.24, 2.45) is 7.05 Å². The molecule has 1 aliphatic rings. The molecule has 2 aromatic heterocycles. The van der Waals surface area contributed by atoms with Crippen molar-refractivity contribution in [3.05, 3.63) is 62.8 Å². The second kappa shape index (κ2) is 7.55. The lowest BCUT2D eigenvalue weighted by Crippen LogP contribution is -2.24. The Bertz CT molecular complexity index is 1140. The van der Waals surface area contributed by atoms with Gasteiger partial charge in [0.25, 0.3) is 11.5 Å². The van der Waals surface area contributed by atoms with E-state index in [4.69, 9.17) is 12.2 Å². The van der Waals surface area contributed by atoms with Crippen molar-refractivity contribution in [2.75, 3.05) is 18.0 Å². The molecule has 0 bridgehead atoms. The first kappa shape index (κ1) is 18.4. The molecule has 8 heteroatoms. The summed E-state index contributed by atoms with van der Waals surface area (Å²) in [5.41, 5.74) is 1.77. The summed E-state index contributed by atoms with van der Waals surface area (Å²) >= 11 is 5.14. The van der Waals surface area contributed by atoms with Crippen LogP contribution in [0.1, 0.15) is 28.8 Å². The van der Waals surface area contributed by atoms with E-state index < -0.39 is 0 Å². The lowest BCUT2D eigenvalue weighted by Gasteiger charge is -2.16. The third kappa shape index (κ3) is 3.55. The van der Waals surface area contributed by atoms with Gasteiger partial charge in [0.2, 0.25) is 0 Å². The molecule has 1 aliphatic heterocycles. The van der Waals surface area contributed by atoms with E-state index in [9.17, 15) is 9.59 Å². The average molecular weight is 395 g/mol. The number of carbonyl (C=O) groups excluding carboxylic acids is 1. The van der Waals surface area contributed by atoms with Crippen LogP contribution in [0.15, 0.2) is 41.3 Å². The van der Waals surface area contributed by atoms with E-state index in [0.717, 1.165) is 24.5 Å². The fourth-order valence-corrected chi connectivity index (χ4v) is 3.58. The van der Waals surface area contributed by atoms with Crippen LogP contribution < -0.4 is 15.8 Å². The van der Waals surface area contributed by atoms with Crippen molar-refractivity contribution in [1.82, 2.24) is 19.9 Å². The standard InChI is InChI=1S/C20H21N5O2S/c1-24-19(27)15-6-5-14(10-16(15)23-20(24)28)18(26)22-12-13-4-7-17(21-11-13)25-8-2-3-9-25/h4-7,10-11H,2-3,8-9,12H2,1H3,(H,22,26)(H,23,28). The zero-order chi connectivity index (χ0) is 19.7. The molecule has 144 valence electrons.